The van der Waals surface area contributed by atoms with Crippen molar-refractivity contribution in [2.24, 2.45) is 0 Å². The van der Waals surface area contributed by atoms with Crippen molar-refractivity contribution in [2.75, 3.05) is 6.61 Å². The first-order valence-electron chi connectivity index (χ1n) is 10.1. The summed E-state index contributed by atoms with van der Waals surface area (Å²) in [5.41, 5.74) is 5.53. The van der Waals surface area contributed by atoms with Gasteiger partial charge in [-0.05, 0) is 60.9 Å². The van der Waals surface area contributed by atoms with Crippen LogP contribution in [0.25, 0.3) is 11.0 Å². The third-order valence-corrected chi connectivity index (χ3v) is 6.29. The van der Waals surface area contributed by atoms with Gasteiger partial charge in [0.1, 0.15) is 12.4 Å². The Bertz CT molecular complexity index is 1220. The molecular weight excluding hydrogens is 408 g/mol. The number of rotatable bonds is 8. The summed E-state index contributed by atoms with van der Waals surface area (Å²) < 4.78 is 8.08. The van der Waals surface area contributed by atoms with Crippen LogP contribution in [0.1, 0.15) is 27.0 Å². The summed E-state index contributed by atoms with van der Waals surface area (Å²) in [4.78, 5) is 16.4. The van der Waals surface area contributed by atoms with Gasteiger partial charge in [0.2, 0.25) is 0 Å². The molecule has 31 heavy (non-hydrogen) atoms. The molecule has 3 aromatic carbocycles. The van der Waals surface area contributed by atoms with Crippen LogP contribution in [0.15, 0.2) is 71.9 Å². The van der Waals surface area contributed by atoms with Crippen LogP contribution in [-0.4, -0.2) is 27.2 Å². The van der Waals surface area contributed by atoms with E-state index in [-0.39, 0.29) is 0 Å². The highest BCUT2D eigenvalue weighted by molar-refractivity contribution is 7.98. The molecule has 0 bridgehead atoms. The Morgan fingerprint density at radius 1 is 1.03 bits per heavy atom. The number of fused-ring (bicyclic) bond motifs is 1. The van der Waals surface area contributed by atoms with Crippen molar-refractivity contribution in [3.63, 3.8) is 0 Å². The summed E-state index contributed by atoms with van der Waals surface area (Å²) in [6.07, 6.45) is 0. The topological polar surface area (TPSA) is 64.3 Å². The van der Waals surface area contributed by atoms with E-state index in [0.717, 1.165) is 27.5 Å². The highest BCUT2D eigenvalue weighted by Crippen LogP contribution is 2.29. The van der Waals surface area contributed by atoms with E-state index < -0.39 is 5.97 Å². The molecular formula is C25H24N2O3S. The van der Waals surface area contributed by atoms with Crippen LogP contribution in [0.2, 0.25) is 0 Å². The third-order valence-electron chi connectivity index (χ3n) is 5.26. The second kappa shape index (κ2) is 9.27. The van der Waals surface area contributed by atoms with Gasteiger partial charge in [-0.2, -0.15) is 0 Å². The second-order valence-electron chi connectivity index (χ2n) is 7.38. The van der Waals surface area contributed by atoms with E-state index in [2.05, 4.69) is 30.5 Å². The number of carboxylic acid groups (broad SMARTS) is 1. The highest BCUT2D eigenvalue weighted by atomic mass is 32.2. The normalized spacial score (nSPS) is 11.0. The van der Waals surface area contributed by atoms with Crippen LogP contribution in [0, 0.1) is 13.8 Å². The molecule has 0 aliphatic carbocycles. The summed E-state index contributed by atoms with van der Waals surface area (Å²) in [7, 11) is 0. The lowest BCUT2D eigenvalue weighted by Gasteiger charge is -2.12. The van der Waals surface area contributed by atoms with E-state index in [1.54, 1.807) is 23.9 Å². The number of ether oxygens (including phenoxy) is 1. The number of hydrogen-bond donors (Lipinski definition) is 1. The van der Waals surface area contributed by atoms with Gasteiger partial charge in [0.15, 0.2) is 5.16 Å². The molecule has 0 fully saturated rings. The smallest absolute Gasteiger partial charge is 0.335 e. The number of aromatic nitrogens is 2. The fraction of sp³-hybridized carbons (Fsp3) is 0.200. The Labute approximate surface area is 185 Å². The molecule has 0 atom stereocenters. The predicted molar refractivity (Wildman–Crippen MR) is 124 cm³/mol. The number of thioether (sulfide) groups is 1. The molecule has 5 nitrogen and oxygen atoms in total. The first kappa shape index (κ1) is 21.0. The largest absolute Gasteiger partial charge is 0.492 e. The van der Waals surface area contributed by atoms with Crippen molar-refractivity contribution in [2.45, 2.75) is 31.3 Å². The molecule has 4 aromatic rings. The summed E-state index contributed by atoms with van der Waals surface area (Å²) in [5.74, 6) is 0.458. The molecule has 0 saturated heterocycles. The number of imidazole rings is 1. The van der Waals surface area contributed by atoms with Gasteiger partial charge < -0.3 is 14.4 Å². The van der Waals surface area contributed by atoms with Gasteiger partial charge in [0.05, 0.1) is 23.1 Å². The molecule has 0 aliphatic heterocycles. The maximum Gasteiger partial charge on any atom is 0.335 e. The van der Waals surface area contributed by atoms with Crippen molar-refractivity contribution in [1.29, 1.82) is 0 Å². The number of carboxylic acids is 1. The lowest BCUT2D eigenvalue weighted by molar-refractivity contribution is 0.0696. The van der Waals surface area contributed by atoms with Crippen molar-refractivity contribution < 1.29 is 14.6 Å². The molecule has 158 valence electrons. The zero-order chi connectivity index (χ0) is 21.8. The van der Waals surface area contributed by atoms with Crippen molar-refractivity contribution in [1.82, 2.24) is 9.55 Å². The average Bonchev–Trinajstić information content (AvgIpc) is 3.09. The Balaban J connectivity index is 1.61. The fourth-order valence-electron chi connectivity index (χ4n) is 3.45. The highest BCUT2D eigenvalue weighted by Gasteiger charge is 2.15. The number of aryl methyl sites for hydroxylation is 2. The van der Waals surface area contributed by atoms with Crippen LogP contribution in [-0.2, 0) is 12.3 Å². The van der Waals surface area contributed by atoms with E-state index in [1.807, 2.05) is 42.5 Å². The van der Waals surface area contributed by atoms with E-state index >= 15 is 0 Å². The number of benzene rings is 3. The number of hydrogen-bond acceptors (Lipinski definition) is 4. The maximum absolute atomic E-state index is 11.5. The van der Waals surface area contributed by atoms with Gasteiger partial charge >= 0.3 is 5.97 Å². The van der Waals surface area contributed by atoms with Crippen LogP contribution in [0.4, 0.5) is 0 Å². The minimum Gasteiger partial charge on any atom is -0.492 e. The summed E-state index contributed by atoms with van der Waals surface area (Å²) in [6.45, 7) is 5.35. The Kier molecular flexibility index (Phi) is 6.28. The SMILES string of the molecule is Cc1cc2nc(SCc3ccccc3C(=O)O)n(CCOc3ccccc3)c2cc1C. The van der Waals surface area contributed by atoms with Gasteiger partial charge in [0, 0.05) is 5.75 Å². The second-order valence-corrected chi connectivity index (χ2v) is 8.33. The average molecular weight is 433 g/mol. The quantitative estimate of drug-likeness (QED) is 0.361. The van der Waals surface area contributed by atoms with Gasteiger partial charge in [-0.3, -0.25) is 0 Å². The number of aromatic carboxylic acids is 1. The van der Waals surface area contributed by atoms with Crippen molar-refractivity contribution in [3.8, 4) is 5.75 Å². The first-order valence-corrected chi connectivity index (χ1v) is 11.1. The summed E-state index contributed by atoms with van der Waals surface area (Å²) >= 11 is 1.55. The molecule has 1 N–H and O–H groups in total. The van der Waals surface area contributed by atoms with Crippen LogP contribution in [0.3, 0.4) is 0 Å². The number of nitrogens with zero attached hydrogens (tertiary/aromatic N) is 2. The predicted octanol–water partition coefficient (Wildman–Crippen LogP) is 5.72. The number of para-hydroxylation sites is 1. The van der Waals surface area contributed by atoms with Gasteiger partial charge in [-0.15, -0.1) is 0 Å². The van der Waals surface area contributed by atoms with Crippen LogP contribution >= 0.6 is 11.8 Å². The monoisotopic (exact) mass is 432 g/mol. The summed E-state index contributed by atoms with van der Waals surface area (Å²) in [5, 5.41) is 10.3. The van der Waals surface area contributed by atoms with Gasteiger partial charge in [0.25, 0.3) is 0 Å². The Morgan fingerprint density at radius 2 is 1.74 bits per heavy atom. The molecule has 0 radical (unpaired) electrons. The molecule has 0 spiro atoms. The van der Waals surface area contributed by atoms with Crippen molar-refractivity contribution in [3.05, 3.63) is 89.0 Å². The molecule has 0 aliphatic rings. The molecule has 0 unspecified atom stereocenters. The number of carbonyl (C=O) groups is 1. The van der Waals surface area contributed by atoms with Crippen molar-refractivity contribution >= 4 is 28.8 Å². The minimum absolute atomic E-state index is 0.330. The molecule has 1 heterocycles. The zero-order valence-electron chi connectivity index (χ0n) is 17.5. The standard InChI is InChI=1S/C25H24N2O3S/c1-17-14-22-23(15-18(17)2)27(12-13-30-20-9-4-3-5-10-20)25(26-22)31-16-19-8-6-7-11-21(19)24(28)29/h3-11,14-15H,12-13,16H2,1-2H3,(H,28,29). The maximum atomic E-state index is 11.5. The first-order chi connectivity index (χ1) is 15.0. The summed E-state index contributed by atoms with van der Waals surface area (Å²) in [6, 6.07) is 21.1. The van der Waals surface area contributed by atoms with E-state index in [0.29, 0.717) is 24.5 Å². The lowest BCUT2D eigenvalue weighted by Crippen LogP contribution is -2.09. The van der Waals surface area contributed by atoms with Crippen LogP contribution < -0.4 is 4.74 Å². The Hall–Kier alpha value is -3.25. The fourth-order valence-corrected chi connectivity index (χ4v) is 4.50. The molecule has 1 aromatic heterocycles. The van der Waals surface area contributed by atoms with Gasteiger partial charge in [-0.25, -0.2) is 9.78 Å². The van der Waals surface area contributed by atoms with Crippen LogP contribution in [0.5, 0.6) is 5.75 Å². The lowest BCUT2D eigenvalue weighted by atomic mass is 10.1. The minimum atomic E-state index is -0.910. The Morgan fingerprint density at radius 3 is 2.52 bits per heavy atom. The van der Waals surface area contributed by atoms with E-state index in [4.69, 9.17) is 9.72 Å². The molecule has 4 rings (SSSR count). The van der Waals surface area contributed by atoms with E-state index in [1.165, 1.54) is 11.1 Å². The molecule has 0 saturated carbocycles. The third kappa shape index (κ3) is 4.75. The zero-order valence-corrected chi connectivity index (χ0v) is 18.4. The van der Waals surface area contributed by atoms with Gasteiger partial charge in [-0.1, -0.05) is 48.2 Å². The molecule has 0 amide bonds. The molecule has 6 heteroatoms. The van der Waals surface area contributed by atoms with E-state index in [9.17, 15) is 9.90 Å².